The van der Waals surface area contributed by atoms with Crippen molar-refractivity contribution >= 4 is 64.9 Å². The molecule has 158 valence electrons. The van der Waals surface area contributed by atoms with E-state index in [0.717, 1.165) is 20.6 Å². The van der Waals surface area contributed by atoms with Gasteiger partial charge in [0.1, 0.15) is 6.61 Å². The molecule has 0 aliphatic heterocycles. The van der Waals surface area contributed by atoms with Crippen LogP contribution in [0.25, 0.3) is 0 Å². The molecule has 29 heavy (non-hydrogen) atoms. The van der Waals surface area contributed by atoms with Crippen LogP contribution in [0.1, 0.15) is 24.5 Å². The van der Waals surface area contributed by atoms with Crippen molar-refractivity contribution < 1.29 is 26.4 Å². The largest absolute Gasteiger partial charge is 0.516 e. The monoisotopic (exact) mass is 576 g/mol. The number of alkyl halides is 3. The highest BCUT2D eigenvalue weighted by atomic mass is 79.9. The van der Waals surface area contributed by atoms with Gasteiger partial charge in [0.2, 0.25) is 0 Å². The summed E-state index contributed by atoms with van der Waals surface area (Å²) < 4.78 is 64.3. The highest BCUT2D eigenvalue weighted by Gasteiger charge is 2.46. The summed E-state index contributed by atoms with van der Waals surface area (Å²) >= 11 is 12.6. The standard InChI is InChI=1S/C17H14Br2ClF3N2O3S/c1-2-15(24-28-9-10-5-11(18)7-12(19)6-10)14-8-13(20)3-4-16(14)25-29(26,27)17(21,22)23/h3-8,25H,2,9H2,1H3/b24-15+. The van der Waals surface area contributed by atoms with Gasteiger partial charge in [-0.25, -0.2) is 0 Å². The third-order valence-electron chi connectivity index (χ3n) is 3.50. The van der Waals surface area contributed by atoms with E-state index in [2.05, 4.69) is 37.0 Å². The van der Waals surface area contributed by atoms with Gasteiger partial charge in [0.15, 0.2) is 0 Å². The van der Waals surface area contributed by atoms with Crippen molar-refractivity contribution in [1.82, 2.24) is 0 Å². The Kier molecular flexibility index (Phi) is 8.00. The first-order chi connectivity index (χ1) is 13.4. The van der Waals surface area contributed by atoms with E-state index in [9.17, 15) is 21.6 Å². The lowest BCUT2D eigenvalue weighted by molar-refractivity contribution is -0.0429. The Balaban J connectivity index is 2.32. The Labute approximate surface area is 187 Å². The first-order valence-electron chi connectivity index (χ1n) is 7.95. The van der Waals surface area contributed by atoms with Crippen LogP contribution in [0.4, 0.5) is 18.9 Å². The molecule has 2 aromatic rings. The fourth-order valence-electron chi connectivity index (χ4n) is 2.23. The molecule has 0 aromatic heterocycles. The SMILES string of the molecule is CC/C(=N\OCc1cc(Br)cc(Br)c1)c1cc(Cl)ccc1NS(=O)(=O)C(F)(F)F. The van der Waals surface area contributed by atoms with Gasteiger partial charge in [-0.15, -0.1) is 0 Å². The second-order valence-electron chi connectivity index (χ2n) is 5.68. The number of benzene rings is 2. The summed E-state index contributed by atoms with van der Waals surface area (Å²) in [4.78, 5) is 5.33. The normalized spacial score (nSPS) is 12.7. The van der Waals surface area contributed by atoms with Crippen molar-refractivity contribution in [3.63, 3.8) is 0 Å². The average Bonchev–Trinajstić information content (AvgIpc) is 2.58. The maximum Gasteiger partial charge on any atom is 0.516 e. The van der Waals surface area contributed by atoms with Gasteiger partial charge in [-0.05, 0) is 48.4 Å². The molecule has 0 radical (unpaired) electrons. The lowest BCUT2D eigenvalue weighted by atomic mass is 10.1. The topological polar surface area (TPSA) is 67.8 Å². The summed E-state index contributed by atoms with van der Waals surface area (Å²) in [6.45, 7) is 1.78. The molecule has 12 heteroatoms. The molecule has 0 heterocycles. The van der Waals surface area contributed by atoms with Gasteiger partial charge in [-0.1, -0.05) is 55.5 Å². The molecular formula is C17H14Br2ClF3N2O3S. The molecule has 0 saturated carbocycles. The Morgan fingerprint density at radius 2 is 1.79 bits per heavy atom. The number of rotatable bonds is 7. The van der Waals surface area contributed by atoms with Gasteiger partial charge in [-0.2, -0.15) is 21.6 Å². The maximum absolute atomic E-state index is 12.7. The second-order valence-corrected chi connectivity index (χ2v) is 9.63. The summed E-state index contributed by atoms with van der Waals surface area (Å²) in [5.74, 6) is 0. The van der Waals surface area contributed by atoms with E-state index in [1.54, 1.807) is 6.92 Å². The average molecular weight is 579 g/mol. The minimum absolute atomic E-state index is 0.0863. The number of anilines is 1. The van der Waals surface area contributed by atoms with Crippen LogP contribution >= 0.6 is 43.5 Å². The van der Waals surface area contributed by atoms with Crippen LogP contribution in [0.3, 0.4) is 0 Å². The van der Waals surface area contributed by atoms with Crippen molar-refractivity contribution in [2.24, 2.45) is 5.16 Å². The van der Waals surface area contributed by atoms with Crippen LogP contribution in [0.5, 0.6) is 0 Å². The number of nitrogens with one attached hydrogen (secondary N) is 1. The van der Waals surface area contributed by atoms with Gasteiger partial charge >= 0.3 is 15.5 Å². The van der Waals surface area contributed by atoms with Crippen molar-refractivity contribution in [3.05, 3.63) is 61.5 Å². The number of nitrogens with zero attached hydrogens (tertiary/aromatic N) is 1. The highest BCUT2D eigenvalue weighted by molar-refractivity contribution is 9.11. The molecule has 0 unspecified atom stereocenters. The quantitative estimate of drug-likeness (QED) is 0.303. The molecule has 0 fully saturated rings. The van der Waals surface area contributed by atoms with E-state index in [-0.39, 0.29) is 35.0 Å². The smallest absolute Gasteiger partial charge is 0.391 e. The lowest BCUT2D eigenvalue weighted by Gasteiger charge is -2.15. The summed E-state index contributed by atoms with van der Waals surface area (Å²) in [5, 5.41) is 4.17. The molecule has 2 rings (SSSR count). The maximum atomic E-state index is 12.7. The summed E-state index contributed by atoms with van der Waals surface area (Å²) in [6.07, 6.45) is 0.253. The Bertz CT molecular complexity index is 1010. The fourth-order valence-corrected chi connectivity index (χ4v) is 4.37. The van der Waals surface area contributed by atoms with Crippen LogP contribution in [-0.4, -0.2) is 19.6 Å². The van der Waals surface area contributed by atoms with Crippen molar-refractivity contribution in [3.8, 4) is 0 Å². The molecule has 0 aliphatic carbocycles. The van der Waals surface area contributed by atoms with Gasteiger partial charge in [0.05, 0.1) is 11.4 Å². The minimum Gasteiger partial charge on any atom is -0.391 e. The van der Waals surface area contributed by atoms with Gasteiger partial charge in [0.25, 0.3) is 0 Å². The minimum atomic E-state index is -5.60. The van der Waals surface area contributed by atoms with Gasteiger partial charge in [0, 0.05) is 19.5 Å². The van der Waals surface area contributed by atoms with Gasteiger partial charge in [-0.3, -0.25) is 4.72 Å². The molecular weight excluding hydrogens is 565 g/mol. The molecule has 0 bridgehead atoms. The van der Waals surface area contributed by atoms with Crippen LogP contribution < -0.4 is 4.72 Å². The first-order valence-corrected chi connectivity index (χ1v) is 11.4. The number of hydrogen-bond acceptors (Lipinski definition) is 4. The zero-order valence-corrected chi connectivity index (χ0v) is 19.5. The van der Waals surface area contributed by atoms with E-state index in [0.29, 0.717) is 0 Å². The molecule has 0 aliphatic rings. The molecule has 0 saturated heterocycles. The fraction of sp³-hybridized carbons (Fsp3) is 0.235. The van der Waals surface area contributed by atoms with Crippen LogP contribution in [0, 0.1) is 0 Å². The molecule has 5 nitrogen and oxygen atoms in total. The van der Waals surface area contributed by atoms with Crippen molar-refractivity contribution in [2.45, 2.75) is 25.5 Å². The van der Waals surface area contributed by atoms with Crippen LogP contribution in [0.15, 0.2) is 50.5 Å². The van der Waals surface area contributed by atoms with Crippen LogP contribution in [-0.2, 0) is 21.5 Å². The van der Waals surface area contributed by atoms with Gasteiger partial charge < -0.3 is 4.84 Å². The summed E-state index contributed by atoms with van der Waals surface area (Å²) in [5.41, 5.74) is -4.67. The summed E-state index contributed by atoms with van der Waals surface area (Å²) in [7, 11) is -5.60. The first kappa shape index (κ1) is 24.0. The zero-order valence-electron chi connectivity index (χ0n) is 14.7. The third kappa shape index (κ3) is 6.59. The van der Waals surface area contributed by atoms with Crippen LogP contribution in [0.2, 0.25) is 5.02 Å². The third-order valence-corrected chi connectivity index (χ3v) is 5.75. The predicted molar refractivity (Wildman–Crippen MR) is 114 cm³/mol. The number of sulfonamides is 1. The zero-order chi connectivity index (χ0) is 21.8. The molecule has 0 amide bonds. The van der Waals surface area contributed by atoms with Crippen molar-refractivity contribution in [1.29, 1.82) is 0 Å². The molecule has 1 N–H and O–H groups in total. The molecule has 2 aromatic carbocycles. The Morgan fingerprint density at radius 1 is 1.17 bits per heavy atom. The number of hydrogen-bond donors (Lipinski definition) is 1. The van der Waals surface area contributed by atoms with E-state index in [1.165, 1.54) is 16.9 Å². The van der Waals surface area contributed by atoms with Crippen molar-refractivity contribution in [2.75, 3.05) is 4.72 Å². The Morgan fingerprint density at radius 3 is 2.34 bits per heavy atom. The highest BCUT2D eigenvalue weighted by Crippen LogP contribution is 2.29. The number of halogens is 6. The summed E-state index contributed by atoms with van der Waals surface area (Å²) in [6, 6.07) is 9.19. The Hall–Kier alpha value is -1.30. The van der Waals surface area contributed by atoms with E-state index >= 15 is 0 Å². The van der Waals surface area contributed by atoms with E-state index in [1.807, 2.05) is 18.2 Å². The molecule has 0 atom stereocenters. The number of oxime groups is 1. The second kappa shape index (κ2) is 9.67. The van der Waals surface area contributed by atoms with E-state index in [4.69, 9.17) is 16.4 Å². The lowest BCUT2D eigenvalue weighted by Crippen LogP contribution is -2.30. The predicted octanol–water partition coefficient (Wildman–Crippen LogP) is 6.46. The molecule has 0 spiro atoms. The van der Waals surface area contributed by atoms with E-state index < -0.39 is 15.5 Å².